The Morgan fingerprint density at radius 3 is 1.22 bits per heavy atom. The number of sulfonamides is 2. The largest absolute Gasteiger partial charge is 0.488 e. The van der Waals surface area contributed by atoms with Gasteiger partial charge in [-0.05, 0) is 112 Å². The van der Waals surface area contributed by atoms with Crippen molar-refractivity contribution < 1.29 is 44.7 Å². The monoisotopic (exact) mass is 870 g/mol. The molecular formula is C36H40Cl4F2N2O8S2. The van der Waals surface area contributed by atoms with E-state index in [9.17, 15) is 35.2 Å². The van der Waals surface area contributed by atoms with E-state index in [0.29, 0.717) is 35.5 Å². The second-order valence-corrected chi connectivity index (χ2v) is 22.3. The fourth-order valence-electron chi connectivity index (χ4n) is 10.5. The molecule has 18 heteroatoms. The molecule has 0 spiro atoms. The third kappa shape index (κ3) is 8.58. The Balaban J connectivity index is 0.000000167. The summed E-state index contributed by atoms with van der Waals surface area (Å²) in [7, 11) is -7.61. The molecule has 2 aromatic rings. The summed E-state index contributed by atoms with van der Waals surface area (Å²) in [6.45, 7) is 0. The summed E-state index contributed by atoms with van der Waals surface area (Å²) < 4.78 is 89.2. The molecule has 2 N–H and O–H groups in total. The molecular weight excluding hydrogens is 832 g/mol. The van der Waals surface area contributed by atoms with Crippen LogP contribution < -0.4 is 18.9 Å². The molecule has 2 aromatic carbocycles. The number of amides is 2. The van der Waals surface area contributed by atoms with E-state index in [1.165, 1.54) is 0 Å². The van der Waals surface area contributed by atoms with Gasteiger partial charge in [-0.3, -0.25) is 9.59 Å². The summed E-state index contributed by atoms with van der Waals surface area (Å²) in [6.07, 6.45) is 11.4. The van der Waals surface area contributed by atoms with E-state index in [-0.39, 0.29) is 43.5 Å². The van der Waals surface area contributed by atoms with Crippen LogP contribution in [0.2, 0.25) is 10.0 Å². The lowest BCUT2D eigenvalue weighted by atomic mass is 9.54. The Hall–Kier alpha value is -2.10. The molecule has 0 radical (unpaired) electrons. The summed E-state index contributed by atoms with van der Waals surface area (Å²) in [5.41, 5.74) is -0.884. The van der Waals surface area contributed by atoms with Crippen molar-refractivity contribution in [2.75, 3.05) is 12.5 Å². The summed E-state index contributed by atoms with van der Waals surface area (Å²) in [5, 5.41) is 0.147. The van der Waals surface area contributed by atoms with E-state index in [2.05, 4.69) is 0 Å². The highest BCUT2D eigenvalue weighted by Gasteiger charge is 2.57. The lowest BCUT2D eigenvalue weighted by Crippen LogP contribution is -2.56. The van der Waals surface area contributed by atoms with Crippen LogP contribution in [0.5, 0.6) is 11.5 Å². The molecule has 0 saturated heterocycles. The zero-order valence-electron chi connectivity index (χ0n) is 29.3. The highest BCUT2D eigenvalue weighted by atomic mass is 35.5. The standard InChI is InChI=1S/2C18H20Cl2FNO4S/c2*1-27(24,25)22-17(23)12-4-13(19)15(5-14(12)21)26-16-10-2-9-3-11(16)8-18(20,6-9)7-10/h2*4-5,9-11,16H,2-3,6-8H2,1H3,(H,22,23). The zero-order chi connectivity index (χ0) is 39.1. The fourth-order valence-corrected chi connectivity index (χ4v) is 13.0. The van der Waals surface area contributed by atoms with E-state index < -0.39 is 54.6 Å². The summed E-state index contributed by atoms with van der Waals surface area (Å²) in [6, 6.07) is 4.32. The van der Waals surface area contributed by atoms with Crippen LogP contribution in [0.3, 0.4) is 0 Å². The number of benzene rings is 2. The predicted molar refractivity (Wildman–Crippen MR) is 201 cm³/mol. The average molecular weight is 873 g/mol. The first-order chi connectivity index (χ1) is 25.1. The van der Waals surface area contributed by atoms with Gasteiger partial charge in [0.15, 0.2) is 0 Å². The summed E-state index contributed by atoms with van der Waals surface area (Å²) in [5.74, 6) is -1.00. The van der Waals surface area contributed by atoms with Crippen LogP contribution in [0.25, 0.3) is 0 Å². The lowest BCUT2D eigenvalue weighted by Gasteiger charge is -2.57. The molecule has 8 aliphatic rings. The fraction of sp³-hybridized carbons (Fsp3) is 0.611. The van der Waals surface area contributed by atoms with Crippen LogP contribution in [-0.4, -0.2) is 63.1 Å². The molecule has 8 saturated carbocycles. The lowest BCUT2D eigenvalue weighted by molar-refractivity contribution is -0.0697. The van der Waals surface area contributed by atoms with Crippen molar-refractivity contribution in [1.29, 1.82) is 0 Å². The van der Waals surface area contributed by atoms with Gasteiger partial charge >= 0.3 is 0 Å². The van der Waals surface area contributed by atoms with Crippen molar-refractivity contribution in [3.63, 3.8) is 0 Å². The molecule has 4 unspecified atom stereocenters. The number of carbonyl (C=O) groups excluding carboxylic acids is 2. The van der Waals surface area contributed by atoms with Crippen molar-refractivity contribution in [3.8, 4) is 11.5 Å². The number of nitrogens with one attached hydrogen (secondary N) is 2. The van der Waals surface area contributed by atoms with Crippen molar-refractivity contribution in [1.82, 2.24) is 9.44 Å². The van der Waals surface area contributed by atoms with Gasteiger partial charge in [-0.1, -0.05) is 23.2 Å². The molecule has 4 atom stereocenters. The summed E-state index contributed by atoms with van der Waals surface area (Å²) in [4.78, 5) is 23.6. The minimum absolute atomic E-state index is 0.0685. The Bertz CT molecular complexity index is 1930. The molecule has 8 bridgehead atoms. The van der Waals surface area contributed by atoms with Gasteiger partial charge in [-0.2, -0.15) is 0 Å². The molecule has 8 aliphatic carbocycles. The van der Waals surface area contributed by atoms with Gasteiger partial charge in [0.2, 0.25) is 20.0 Å². The minimum Gasteiger partial charge on any atom is -0.488 e. The maximum absolute atomic E-state index is 14.4. The van der Waals surface area contributed by atoms with Crippen molar-refractivity contribution in [3.05, 3.63) is 57.1 Å². The topological polar surface area (TPSA) is 145 Å². The van der Waals surface area contributed by atoms with E-state index in [0.717, 1.165) is 101 Å². The molecule has 0 heterocycles. The number of alkyl halides is 2. The van der Waals surface area contributed by atoms with Crippen molar-refractivity contribution >= 4 is 78.3 Å². The van der Waals surface area contributed by atoms with Gasteiger partial charge in [0.25, 0.3) is 11.8 Å². The SMILES string of the molecule is CS(=O)(=O)NC(=O)c1cc(Cl)c(OC2C3CC4CC2CC(Cl)(C4)C3)cc1F.CS(=O)(=O)NC(=O)c1cc(Cl)c(OC2C3CC4CC2CC(Cl)(C4)C3)cc1F. The van der Waals surface area contributed by atoms with Crippen LogP contribution in [0.15, 0.2) is 24.3 Å². The average Bonchev–Trinajstić information content (AvgIpc) is 3.00. The third-order valence-corrected chi connectivity index (χ3v) is 14.5. The number of hydrogen-bond acceptors (Lipinski definition) is 8. The number of hydrogen-bond donors (Lipinski definition) is 2. The van der Waals surface area contributed by atoms with Gasteiger partial charge in [-0.15, -0.1) is 23.2 Å². The Kier molecular flexibility index (Phi) is 10.7. The van der Waals surface area contributed by atoms with Gasteiger partial charge in [0.05, 0.1) is 33.7 Å². The van der Waals surface area contributed by atoms with Crippen molar-refractivity contribution in [2.45, 2.75) is 86.2 Å². The van der Waals surface area contributed by atoms with E-state index in [1.54, 1.807) is 9.44 Å². The zero-order valence-corrected chi connectivity index (χ0v) is 34.0. The second kappa shape index (κ2) is 14.4. The maximum atomic E-state index is 14.4. The van der Waals surface area contributed by atoms with Crippen LogP contribution >= 0.6 is 46.4 Å². The molecule has 54 heavy (non-hydrogen) atoms. The molecule has 0 aliphatic heterocycles. The first-order valence-electron chi connectivity index (χ1n) is 17.8. The first-order valence-corrected chi connectivity index (χ1v) is 23.1. The predicted octanol–water partition coefficient (Wildman–Crippen LogP) is 7.47. The number of carbonyl (C=O) groups is 2. The smallest absolute Gasteiger partial charge is 0.267 e. The Morgan fingerprint density at radius 1 is 0.630 bits per heavy atom. The summed E-state index contributed by atoms with van der Waals surface area (Å²) >= 11 is 25.9. The molecule has 2 amide bonds. The number of ether oxygens (including phenoxy) is 2. The quantitative estimate of drug-likeness (QED) is 0.260. The molecule has 10 nitrogen and oxygen atoms in total. The Morgan fingerprint density at radius 2 is 0.944 bits per heavy atom. The molecule has 0 aromatic heterocycles. The maximum Gasteiger partial charge on any atom is 0.267 e. The molecule has 8 fully saturated rings. The van der Waals surface area contributed by atoms with E-state index in [4.69, 9.17) is 55.9 Å². The van der Waals surface area contributed by atoms with Crippen molar-refractivity contribution in [2.24, 2.45) is 35.5 Å². The van der Waals surface area contributed by atoms with Gasteiger partial charge in [-0.25, -0.2) is 35.1 Å². The Labute approximate surface area is 333 Å². The third-order valence-electron chi connectivity index (χ3n) is 11.8. The van der Waals surface area contributed by atoms with E-state index in [1.807, 2.05) is 0 Å². The van der Waals surface area contributed by atoms with E-state index >= 15 is 0 Å². The normalized spacial score (nSPS) is 34.5. The molecule has 296 valence electrons. The van der Waals surface area contributed by atoms with Gasteiger partial charge in [0.1, 0.15) is 35.3 Å². The van der Waals surface area contributed by atoms with Gasteiger partial charge in [0, 0.05) is 21.9 Å². The van der Waals surface area contributed by atoms with Crippen LogP contribution in [0, 0.1) is 47.1 Å². The van der Waals surface area contributed by atoms with Crippen LogP contribution in [0.1, 0.15) is 84.9 Å². The van der Waals surface area contributed by atoms with Crippen LogP contribution in [-0.2, 0) is 20.0 Å². The second-order valence-electron chi connectivity index (χ2n) is 16.3. The number of halogens is 6. The van der Waals surface area contributed by atoms with Crippen LogP contribution in [0.4, 0.5) is 8.78 Å². The minimum atomic E-state index is -3.80. The highest BCUT2D eigenvalue weighted by molar-refractivity contribution is 7.89. The first kappa shape index (κ1) is 40.1. The molecule has 10 rings (SSSR count). The van der Waals surface area contributed by atoms with Gasteiger partial charge < -0.3 is 9.47 Å². The highest BCUT2D eigenvalue weighted by Crippen LogP contribution is 2.60. The number of rotatable bonds is 8.